The molecular formula is C22H27N9O. The molecule has 3 aromatic heterocycles. The lowest BCUT2D eigenvalue weighted by Crippen LogP contribution is -2.46. The standard InChI is InChI=1S/C22H27N9O/c1-15(2)31-14-26-17-7-11-29(13-18(17)31)20-6-9-23-21(28-20)27-19-5-4-16(12-25-19)30-10-3-8-24-22(30)32/h4-6,9,12,14-15H,3,7-8,10-11,13H2,1-2H3,(H,24,32)(H,23,25,27,28). The molecule has 1 saturated heterocycles. The number of aromatic nitrogens is 5. The zero-order valence-electron chi connectivity index (χ0n) is 18.3. The van der Waals surface area contributed by atoms with E-state index in [9.17, 15) is 4.79 Å². The van der Waals surface area contributed by atoms with E-state index in [0.29, 0.717) is 30.9 Å². The summed E-state index contributed by atoms with van der Waals surface area (Å²) in [6.07, 6.45) is 7.20. The normalized spacial score (nSPS) is 16.2. The summed E-state index contributed by atoms with van der Waals surface area (Å²) in [5, 5.41) is 6.02. The van der Waals surface area contributed by atoms with Crippen LogP contribution < -0.4 is 20.4 Å². The van der Waals surface area contributed by atoms with Crippen LogP contribution in [0.25, 0.3) is 0 Å². The van der Waals surface area contributed by atoms with Gasteiger partial charge >= 0.3 is 6.03 Å². The molecule has 5 heterocycles. The van der Waals surface area contributed by atoms with Gasteiger partial charge in [0.05, 0.1) is 36.1 Å². The molecule has 0 atom stereocenters. The average Bonchev–Trinajstić information content (AvgIpc) is 3.24. The molecule has 0 radical (unpaired) electrons. The van der Waals surface area contributed by atoms with Gasteiger partial charge in [0.1, 0.15) is 11.6 Å². The van der Waals surface area contributed by atoms with Crippen molar-refractivity contribution in [2.45, 2.75) is 39.3 Å². The zero-order valence-corrected chi connectivity index (χ0v) is 18.3. The maximum Gasteiger partial charge on any atom is 0.321 e. The van der Waals surface area contributed by atoms with Gasteiger partial charge in [-0.25, -0.2) is 19.7 Å². The number of imidazole rings is 1. The molecule has 0 aliphatic carbocycles. The first-order valence-corrected chi connectivity index (χ1v) is 11.0. The average molecular weight is 434 g/mol. The molecule has 0 unspecified atom stereocenters. The fourth-order valence-corrected chi connectivity index (χ4v) is 4.14. The van der Waals surface area contributed by atoms with E-state index in [4.69, 9.17) is 4.98 Å². The first kappa shape index (κ1) is 20.2. The van der Waals surface area contributed by atoms with Crippen molar-refractivity contribution in [2.75, 3.05) is 34.8 Å². The Labute approximate surface area is 186 Å². The Morgan fingerprint density at radius 3 is 2.81 bits per heavy atom. The lowest BCUT2D eigenvalue weighted by Gasteiger charge is -2.29. The van der Waals surface area contributed by atoms with Crippen LogP contribution in [0.3, 0.4) is 0 Å². The van der Waals surface area contributed by atoms with Crippen molar-refractivity contribution in [2.24, 2.45) is 0 Å². The number of pyridine rings is 1. The van der Waals surface area contributed by atoms with Crippen LogP contribution in [0, 0.1) is 0 Å². The second kappa shape index (κ2) is 8.45. The first-order chi connectivity index (χ1) is 15.6. The molecule has 3 aromatic rings. The van der Waals surface area contributed by atoms with Crippen molar-refractivity contribution >= 4 is 29.3 Å². The minimum Gasteiger partial charge on any atom is -0.350 e. The summed E-state index contributed by atoms with van der Waals surface area (Å²) >= 11 is 0. The van der Waals surface area contributed by atoms with E-state index in [-0.39, 0.29) is 6.03 Å². The van der Waals surface area contributed by atoms with Crippen LogP contribution in [-0.2, 0) is 13.0 Å². The number of nitrogens with zero attached hydrogens (tertiary/aromatic N) is 7. The highest BCUT2D eigenvalue weighted by Crippen LogP contribution is 2.25. The molecular weight excluding hydrogens is 406 g/mol. The minimum atomic E-state index is -0.0849. The first-order valence-electron chi connectivity index (χ1n) is 11.0. The van der Waals surface area contributed by atoms with Gasteiger partial charge in [0.15, 0.2) is 0 Å². The number of carbonyl (C=O) groups is 1. The predicted molar refractivity (Wildman–Crippen MR) is 122 cm³/mol. The van der Waals surface area contributed by atoms with Crippen LogP contribution in [0.4, 0.5) is 28.1 Å². The topological polar surface area (TPSA) is 104 Å². The maximum atomic E-state index is 12.0. The fourth-order valence-electron chi connectivity index (χ4n) is 4.14. The molecule has 2 aliphatic heterocycles. The second-order valence-corrected chi connectivity index (χ2v) is 8.31. The van der Waals surface area contributed by atoms with E-state index < -0.39 is 0 Å². The number of fused-ring (bicyclic) bond motifs is 1. The summed E-state index contributed by atoms with van der Waals surface area (Å²) in [6.45, 7) is 7.39. The van der Waals surface area contributed by atoms with Gasteiger partial charge in [0.25, 0.3) is 0 Å². The van der Waals surface area contributed by atoms with Gasteiger partial charge in [-0.15, -0.1) is 0 Å². The summed E-state index contributed by atoms with van der Waals surface area (Å²) in [6, 6.07) is 5.93. The minimum absolute atomic E-state index is 0.0849. The van der Waals surface area contributed by atoms with Crippen molar-refractivity contribution in [1.29, 1.82) is 0 Å². The Morgan fingerprint density at radius 1 is 1.12 bits per heavy atom. The molecule has 32 heavy (non-hydrogen) atoms. The number of carbonyl (C=O) groups excluding carboxylic acids is 1. The molecule has 0 aromatic carbocycles. The highest BCUT2D eigenvalue weighted by atomic mass is 16.2. The smallest absolute Gasteiger partial charge is 0.321 e. The summed E-state index contributed by atoms with van der Waals surface area (Å²) < 4.78 is 2.23. The molecule has 0 bridgehead atoms. The van der Waals surface area contributed by atoms with Crippen molar-refractivity contribution in [3.8, 4) is 0 Å². The van der Waals surface area contributed by atoms with E-state index >= 15 is 0 Å². The van der Waals surface area contributed by atoms with Gasteiger partial charge in [0, 0.05) is 38.3 Å². The highest BCUT2D eigenvalue weighted by molar-refractivity contribution is 5.92. The van der Waals surface area contributed by atoms with E-state index in [1.807, 2.05) is 24.5 Å². The van der Waals surface area contributed by atoms with Crippen LogP contribution in [0.5, 0.6) is 0 Å². The van der Waals surface area contributed by atoms with E-state index in [1.54, 1.807) is 17.3 Å². The quantitative estimate of drug-likeness (QED) is 0.638. The van der Waals surface area contributed by atoms with E-state index in [2.05, 4.69) is 48.9 Å². The molecule has 10 heteroatoms. The van der Waals surface area contributed by atoms with Crippen molar-refractivity contribution in [3.63, 3.8) is 0 Å². The summed E-state index contributed by atoms with van der Waals surface area (Å²) in [5.41, 5.74) is 3.20. The van der Waals surface area contributed by atoms with Crippen LogP contribution in [-0.4, -0.2) is 50.2 Å². The van der Waals surface area contributed by atoms with Gasteiger partial charge in [-0.05, 0) is 38.5 Å². The Kier molecular flexibility index (Phi) is 5.34. The van der Waals surface area contributed by atoms with E-state index in [1.165, 1.54) is 11.4 Å². The monoisotopic (exact) mass is 433 g/mol. The number of anilines is 4. The third-order valence-corrected chi connectivity index (χ3v) is 5.84. The van der Waals surface area contributed by atoms with Crippen molar-refractivity contribution in [1.82, 2.24) is 29.8 Å². The Bertz CT molecular complexity index is 1110. The SMILES string of the molecule is CC(C)n1cnc2c1CN(c1ccnc(Nc3ccc(N4CCCNC4=O)cn3)n1)CC2. The largest absolute Gasteiger partial charge is 0.350 e. The van der Waals surface area contributed by atoms with Crippen LogP contribution in [0.2, 0.25) is 0 Å². The molecule has 5 rings (SSSR count). The van der Waals surface area contributed by atoms with Gasteiger partial charge in [-0.3, -0.25) is 4.90 Å². The summed E-state index contributed by atoms with van der Waals surface area (Å²) in [4.78, 5) is 34.0. The Hall–Kier alpha value is -3.69. The highest BCUT2D eigenvalue weighted by Gasteiger charge is 2.23. The number of amides is 2. The molecule has 2 amide bonds. The predicted octanol–water partition coefficient (Wildman–Crippen LogP) is 2.88. The number of urea groups is 1. The third-order valence-electron chi connectivity index (χ3n) is 5.84. The second-order valence-electron chi connectivity index (χ2n) is 8.31. The molecule has 166 valence electrons. The van der Waals surface area contributed by atoms with Gasteiger partial charge < -0.3 is 20.1 Å². The van der Waals surface area contributed by atoms with Crippen LogP contribution >= 0.6 is 0 Å². The Morgan fingerprint density at radius 2 is 2.03 bits per heavy atom. The number of nitrogens with one attached hydrogen (secondary N) is 2. The molecule has 0 saturated carbocycles. The van der Waals surface area contributed by atoms with Gasteiger partial charge in [0.2, 0.25) is 5.95 Å². The number of hydrogen-bond donors (Lipinski definition) is 2. The van der Waals surface area contributed by atoms with Crippen LogP contribution in [0.1, 0.15) is 37.7 Å². The maximum absolute atomic E-state index is 12.0. The van der Waals surface area contributed by atoms with E-state index in [0.717, 1.165) is 37.4 Å². The lowest BCUT2D eigenvalue weighted by molar-refractivity contribution is 0.243. The van der Waals surface area contributed by atoms with Gasteiger partial charge in [-0.1, -0.05) is 0 Å². The fraction of sp³-hybridized carbons (Fsp3) is 0.409. The Balaban J connectivity index is 1.29. The van der Waals surface area contributed by atoms with Crippen molar-refractivity contribution < 1.29 is 4.79 Å². The van der Waals surface area contributed by atoms with Crippen LogP contribution in [0.15, 0.2) is 36.9 Å². The molecule has 0 spiro atoms. The molecule has 1 fully saturated rings. The summed E-state index contributed by atoms with van der Waals surface area (Å²) in [5.74, 6) is 1.98. The van der Waals surface area contributed by atoms with Gasteiger partial charge in [-0.2, -0.15) is 4.98 Å². The zero-order chi connectivity index (χ0) is 22.1. The molecule has 10 nitrogen and oxygen atoms in total. The third kappa shape index (κ3) is 3.95. The lowest BCUT2D eigenvalue weighted by atomic mass is 10.1. The number of rotatable bonds is 5. The molecule has 2 aliphatic rings. The molecule has 2 N–H and O–H groups in total. The summed E-state index contributed by atoms with van der Waals surface area (Å²) in [7, 11) is 0. The van der Waals surface area contributed by atoms with Crippen molar-refractivity contribution in [3.05, 3.63) is 48.3 Å². The number of hydrogen-bond acceptors (Lipinski definition) is 7.